The van der Waals surface area contributed by atoms with Crippen LogP contribution in [0.4, 0.5) is 8.78 Å². The molecule has 0 rings (SSSR count). The maximum Gasteiger partial charge on any atom is 0.389 e. The topological polar surface area (TPSA) is 35.5 Å². The monoisotopic (exact) mass is 296 g/mol. The third kappa shape index (κ3) is 7.85. The molecule has 16 heavy (non-hydrogen) atoms. The lowest BCUT2D eigenvalue weighted by Gasteiger charge is -2.20. The minimum Gasteiger partial charge on any atom is -0.301 e. The van der Waals surface area contributed by atoms with Gasteiger partial charge < -0.3 is 4.52 Å². The predicted molar refractivity (Wildman–Crippen MR) is 63.3 cm³/mol. The van der Waals surface area contributed by atoms with E-state index in [-0.39, 0.29) is 11.9 Å². The van der Waals surface area contributed by atoms with Crippen molar-refractivity contribution in [1.29, 1.82) is 0 Å². The van der Waals surface area contributed by atoms with Crippen LogP contribution < -0.4 is 0 Å². The summed E-state index contributed by atoms with van der Waals surface area (Å²) in [5, 5.41) is -3.52. The molecule has 0 bridgehead atoms. The van der Waals surface area contributed by atoms with Gasteiger partial charge in [-0.3, -0.25) is 4.52 Å². The fraction of sp³-hybridized carbons (Fsp3) is 1.00. The molecule has 98 valence electrons. The van der Waals surface area contributed by atoms with Gasteiger partial charge in [-0.1, -0.05) is 13.8 Å². The average molecular weight is 297 g/mol. The highest BCUT2D eigenvalue weighted by molar-refractivity contribution is 8.55. The van der Waals surface area contributed by atoms with E-state index >= 15 is 0 Å². The number of halogens is 3. The van der Waals surface area contributed by atoms with E-state index in [9.17, 15) is 13.3 Å². The highest BCUT2D eigenvalue weighted by Crippen LogP contribution is 2.63. The van der Waals surface area contributed by atoms with E-state index in [1.165, 1.54) is 0 Å². The van der Waals surface area contributed by atoms with Gasteiger partial charge in [-0.15, -0.1) is 0 Å². The summed E-state index contributed by atoms with van der Waals surface area (Å²) in [6, 6.07) is 0. The molecule has 0 aromatic heterocycles. The molecule has 0 aliphatic carbocycles. The number of rotatable bonds is 8. The van der Waals surface area contributed by atoms with Crippen molar-refractivity contribution in [2.75, 3.05) is 13.2 Å². The van der Waals surface area contributed by atoms with E-state index in [0.717, 1.165) is 17.8 Å². The van der Waals surface area contributed by atoms with Gasteiger partial charge in [0.1, 0.15) is 6.61 Å². The molecular formula is C8H16ClF2O3PS. The van der Waals surface area contributed by atoms with E-state index < -0.39 is 18.8 Å². The molecule has 0 aromatic carbocycles. The summed E-state index contributed by atoms with van der Waals surface area (Å²) in [5.74, 6) is 0. The van der Waals surface area contributed by atoms with Crippen LogP contribution in [0, 0.1) is 0 Å². The molecule has 8 heteroatoms. The van der Waals surface area contributed by atoms with Crippen molar-refractivity contribution in [2.24, 2.45) is 0 Å². The Labute approximate surface area is 103 Å². The second-order valence-electron chi connectivity index (χ2n) is 3.08. The predicted octanol–water partition coefficient (Wildman–Crippen LogP) is 4.51. The highest BCUT2D eigenvalue weighted by atomic mass is 35.5. The van der Waals surface area contributed by atoms with Gasteiger partial charge in [-0.2, -0.15) is 8.78 Å². The molecule has 0 aliphatic rings. The number of hydrogen-bond acceptors (Lipinski definition) is 4. The van der Waals surface area contributed by atoms with Gasteiger partial charge in [0, 0.05) is 5.25 Å². The molecule has 0 N–H and O–H groups in total. The molecular weight excluding hydrogens is 281 g/mol. The molecule has 0 saturated carbocycles. The van der Waals surface area contributed by atoms with Crippen molar-refractivity contribution in [1.82, 2.24) is 0 Å². The lowest BCUT2D eigenvalue weighted by atomic mass is 10.4. The Morgan fingerprint density at radius 3 is 2.38 bits per heavy atom. The quantitative estimate of drug-likeness (QED) is 0.487. The first-order valence-corrected chi connectivity index (χ1v) is 8.27. The third-order valence-corrected chi connectivity index (χ3v) is 6.12. The van der Waals surface area contributed by atoms with Crippen molar-refractivity contribution >= 4 is 29.8 Å². The molecule has 0 radical (unpaired) electrons. The summed E-state index contributed by atoms with van der Waals surface area (Å²) in [6.07, 6.45) is 0.738. The standard InChI is InChI=1S/C8H16ClF2O3PS/c1-4-7(3)16-15(12,13-5-2)14-6-8(9,10)11/h7H,4-6H2,1-3H3. The van der Waals surface area contributed by atoms with Crippen LogP contribution in [0.5, 0.6) is 0 Å². The Kier molecular flexibility index (Phi) is 7.46. The van der Waals surface area contributed by atoms with Crippen LogP contribution in [0.15, 0.2) is 0 Å². The van der Waals surface area contributed by atoms with E-state index in [0.29, 0.717) is 0 Å². The van der Waals surface area contributed by atoms with Crippen molar-refractivity contribution in [2.45, 2.75) is 37.8 Å². The first-order valence-electron chi connectivity index (χ1n) is 4.86. The van der Waals surface area contributed by atoms with E-state index in [1.54, 1.807) is 6.92 Å². The summed E-state index contributed by atoms with van der Waals surface area (Å²) in [7, 11) is 0. The average Bonchev–Trinajstić information content (AvgIpc) is 2.14. The van der Waals surface area contributed by atoms with Crippen molar-refractivity contribution in [3.63, 3.8) is 0 Å². The third-order valence-electron chi connectivity index (χ3n) is 1.56. The summed E-state index contributed by atoms with van der Waals surface area (Å²) < 4.78 is 46.2. The highest BCUT2D eigenvalue weighted by Gasteiger charge is 2.34. The molecule has 0 heterocycles. The zero-order chi connectivity index (χ0) is 12.8. The fourth-order valence-electron chi connectivity index (χ4n) is 0.703. The van der Waals surface area contributed by atoms with Gasteiger partial charge in [0.25, 0.3) is 0 Å². The lowest BCUT2D eigenvalue weighted by Crippen LogP contribution is -2.15. The van der Waals surface area contributed by atoms with E-state index in [2.05, 4.69) is 16.1 Å². The van der Waals surface area contributed by atoms with Gasteiger partial charge >= 0.3 is 12.2 Å². The zero-order valence-electron chi connectivity index (χ0n) is 9.41. The largest absolute Gasteiger partial charge is 0.389 e. The molecule has 0 aromatic rings. The van der Waals surface area contributed by atoms with Crippen LogP contribution in [-0.2, 0) is 13.6 Å². The zero-order valence-corrected chi connectivity index (χ0v) is 11.9. The second kappa shape index (κ2) is 7.17. The van der Waals surface area contributed by atoms with Gasteiger partial charge in [-0.05, 0) is 36.3 Å². The summed E-state index contributed by atoms with van der Waals surface area (Å²) in [6.45, 7) is 0.810. The Balaban J connectivity index is 4.39. The van der Waals surface area contributed by atoms with Crippen LogP contribution >= 0.6 is 29.8 Å². The van der Waals surface area contributed by atoms with Crippen LogP contribution in [0.2, 0.25) is 0 Å². The molecule has 0 fully saturated rings. The Bertz CT molecular complexity index is 250. The Morgan fingerprint density at radius 1 is 1.44 bits per heavy atom. The van der Waals surface area contributed by atoms with Crippen LogP contribution in [0.1, 0.15) is 27.2 Å². The molecule has 0 amide bonds. The Hall–Kier alpha value is 0.650. The second-order valence-corrected chi connectivity index (χ2v) is 8.03. The van der Waals surface area contributed by atoms with Crippen molar-refractivity contribution < 1.29 is 22.4 Å². The molecule has 3 nitrogen and oxygen atoms in total. The SMILES string of the molecule is CCOP(=O)(OCC(F)(F)Cl)SC(C)CC. The smallest absolute Gasteiger partial charge is 0.301 e. The summed E-state index contributed by atoms with van der Waals surface area (Å²) >= 11 is 5.60. The van der Waals surface area contributed by atoms with E-state index in [1.807, 2.05) is 13.8 Å². The van der Waals surface area contributed by atoms with Crippen LogP contribution in [-0.4, -0.2) is 23.8 Å². The fourth-order valence-corrected chi connectivity index (χ4v) is 4.87. The van der Waals surface area contributed by atoms with Crippen molar-refractivity contribution in [3.8, 4) is 0 Å². The lowest BCUT2D eigenvalue weighted by molar-refractivity contribution is 0.0341. The normalized spacial score (nSPS) is 18.1. The van der Waals surface area contributed by atoms with Crippen LogP contribution in [0.25, 0.3) is 0 Å². The number of hydrogen-bond donors (Lipinski definition) is 0. The molecule has 0 spiro atoms. The first kappa shape index (κ1) is 16.6. The maximum absolute atomic E-state index is 12.4. The molecule has 2 unspecified atom stereocenters. The Morgan fingerprint density at radius 2 is 2.00 bits per heavy atom. The van der Waals surface area contributed by atoms with Gasteiger partial charge in [0.05, 0.1) is 6.61 Å². The molecule has 0 aliphatic heterocycles. The maximum atomic E-state index is 12.4. The summed E-state index contributed by atoms with van der Waals surface area (Å²) in [4.78, 5) is 0. The minimum atomic E-state index is -3.54. The number of alkyl halides is 3. The van der Waals surface area contributed by atoms with E-state index in [4.69, 9.17) is 4.52 Å². The summed E-state index contributed by atoms with van der Waals surface area (Å²) in [5.41, 5.74) is 0. The van der Waals surface area contributed by atoms with Crippen LogP contribution in [0.3, 0.4) is 0 Å². The first-order chi connectivity index (χ1) is 7.22. The van der Waals surface area contributed by atoms with Gasteiger partial charge in [-0.25, -0.2) is 4.57 Å². The molecule has 2 atom stereocenters. The molecule has 0 saturated heterocycles. The van der Waals surface area contributed by atoms with Gasteiger partial charge in [0.2, 0.25) is 0 Å². The minimum absolute atomic E-state index is 0.00123. The van der Waals surface area contributed by atoms with Gasteiger partial charge in [0.15, 0.2) is 0 Å². The van der Waals surface area contributed by atoms with Crippen molar-refractivity contribution in [3.05, 3.63) is 0 Å².